The maximum atomic E-state index is 11.7. The van der Waals surface area contributed by atoms with Crippen molar-refractivity contribution in [3.63, 3.8) is 0 Å². The van der Waals surface area contributed by atoms with Crippen molar-refractivity contribution in [1.29, 1.82) is 0 Å². The number of ether oxygens (including phenoxy) is 2. The molecule has 126 valence electrons. The third kappa shape index (κ3) is 5.96. The van der Waals surface area contributed by atoms with E-state index in [9.17, 15) is 4.79 Å². The second-order valence-electron chi connectivity index (χ2n) is 4.78. The summed E-state index contributed by atoms with van der Waals surface area (Å²) < 4.78 is 11.6. The number of carbonyl (C=O) groups is 1. The summed E-state index contributed by atoms with van der Waals surface area (Å²) >= 11 is 3.44. The summed E-state index contributed by atoms with van der Waals surface area (Å²) in [5.74, 6) is 1.50. The van der Waals surface area contributed by atoms with Gasteiger partial charge in [-0.1, -0.05) is 34.1 Å². The van der Waals surface area contributed by atoms with E-state index >= 15 is 0 Å². The number of methoxy groups -OCH3 is 1. The largest absolute Gasteiger partial charge is 0.497 e. The number of hydrogen-bond acceptors (Lipinski definition) is 3. The summed E-state index contributed by atoms with van der Waals surface area (Å²) in [6.07, 6.45) is 3.41. The number of urea groups is 1. The molecule has 0 unspecified atom stereocenters. The van der Waals surface area contributed by atoms with Gasteiger partial charge in [-0.25, -0.2) is 4.79 Å². The molecule has 2 aromatic carbocycles. The molecule has 0 aromatic heterocycles. The Kier molecular flexibility index (Phi) is 7.17. The van der Waals surface area contributed by atoms with Crippen molar-refractivity contribution in [2.75, 3.05) is 20.3 Å². The van der Waals surface area contributed by atoms with Gasteiger partial charge in [0, 0.05) is 10.7 Å². The first-order valence-corrected chi connectivity index (χ1v) is 8.20. The van der Waals surface area contributed by atoms with Crippen molar-refractivity contribution in [3.8, 4) is 11.5 Å². The number of carbonyl (C=O) groups excluding carboxylic acids is 1. The molecule has 5 nitrogen and oxygen atoms in total. The quantitative estimate of drug-likeness (QED) is 0.706. The van der Waals surface area contributed by atoms with Crippen LogP contribution in [0.2, 0.25) is 0 Å². The highest BCUT2D eigenvalue weighted by molar-refractivity contribution is 9.10. The van der Waals surface area contributed by atoms with Gasteiger partial charge in [-0.2, -0.15) is 0 Å². The molecule has 2 amide bonds. The predicted octanol–water partition coefficient (Wildman–Crippen LogP) is 3.81. The molecule has 0 aliphatic carbocycles. The molecule has 0 aliphatic heterocycles. The molecular weight excluding hydrogens is 372 g/mol. The Morgan fingerprint density at radius 2 is 1.83 bits per heavy atom. The fraction of sp³-hybridized carbons (Fsp3) is 0.167. The lowest BCUT2D eigenvalue weighted by molar-refractivity contribution is 0.239. The van der Waals surface area contributed by atoms with Gasteiger partial charge in [0.1, 0.15) is 18.1 Å². The summed E-state index contributed by atoms with van der Waals surface area (Å²) in [5.41, 5.74) is 0.987. The molecule has 0 saturated heterocycles. The lowest BCUT2D eigenvalue weighted by atomic mass is 10.2. The number of halogens is 1. The molecule has 2 aromatic rings. The standard InChI is InChI=1S/C18H19BrN2O3/c1-23-15-6-8-16(9-7-15)24-13-12-21-18(22)20-11-10-14-4-2-3-5-17(14)19/h2-11H,12-13H2,1H3,(H2,20,21,22)/b11-10+. The molecular formula is C18H19BrN2O3. The maximum absolute atomic E-state index is 11.7. The first-order valence-electron chi connectivity index (χ1n) is 7.41. The monoisotopic (exact) mass is 390 g/mol. The highest BCUT2D eigenvalue weighted by Gasteiger charge is 1.99. The third-order valence-corrected chi connectivity index (χ3v) is 3.82. The molecule has 0 atom stereocenters. The van der Waals surface area contributed by atoms with Gasteiger partial charge in [0.15, 0.2) is 0 Å². The zero-order chi connectivity index (χ0) is 17.2. The molecule has 24 heavy (non-hydrogen) atoms. The van der Waals surface area contributed by atoms with Gasteiger partial charge in [-0.05, 0) is 42.0 Å². The third-order valence-electron chi connectivity index (χ3n) is 3.10. The Morgan fingerprint density at radius 3 is 2.54 bits per heavy atom. The Labute approximate surface area is 149 Å². The van der Waals surface area contributed by atoms with Crippen LogP contribution in [0.5, 0.6) is 11.5 Å². The zero-order valence-electron chi connectivity index (χ0n) is 13.3. The fourth-order valence-corrected chi connectivity index (χ4v) is 2.29. The van der Waals surface area contributed by atoms with E-state index in [4.69, 9.17) is 9.47 Å². The average molecular weight is 391 g/mol. The molecule has 0 bridgehead atoms. The Hall–Kier alpha value is -2.47. The summed E-state index contributed by atoms with van der Waals surface area (Å²) in [5, 5.41) is 5.36. The Morgan fingerprint density at radius 1 is 1.12 bits per heavy atom. The van der Waals surface area contributed by atoms with E-state index in [1.165, 1.54) is 0 Å². The average Bonchev–Trinajstić information content (AvgIpc) is 2.61. The highest BCUT2D eigenvalue weighted by Crippen LogP contribution is 2.17. The van der Waals surface area contributed by atoms with Crippen LogP contribution in [0.25, 0.3) is 6.08 Å². The van der Waals surface area contributed by atoms with Gasteiger partial charge in [0.25, 0.3) is 0 Å². The molecule has 0 spiro atoms. The van der Waals surface area contributed by atoms with Gasteiger partial charge in [0.05, 0.1) is 13.7 Å². The minimum atomic E-state index is -0.281. The van der Waals surface area contributed by atoms with E-state index in [2.05, 4.69) is 26.6 Å². The number of amides is 2. The van der Waals surface area contributed by atoms with Crippen molar-refractivity contribution in [2.24, 2.45) is 0 Å². The molecule has 0 heterocycles. The second kappa shape index (κ2) is 9.62. The first kappa shape index (κ1) is 17.9. The number of hydrogen-bond donors (Lipinski definition) is 2. The lowest BCUT2D eigenvalue weighted by Gasteiger charge is -2.08. The number of nitrogens with one attached hydrogen (secondary N) is 2. The van der Waals surface area contributed by atoms with E-state index in [0.29, 0.717) is 13.2 Å². The smallest absolute Gasteiger partial charge is 0.318 e. The first-order chi connectivity index (χ1) is 11.7. The molecule has 0 aliphatic rings. The van der Waals surface area contributed by atoms with Crippen LogP contribution in [0.15, 0.2) is 59.2 Å². The summed E-state index contributed by atoms with van der Waals surface area (Å²) in [6, 6.07) is 14.8. The van der Waals surface area contributed by atoms with E-state index in [1.54, 1.807) is 13.3 Å². The Balaban J connectivity index is 1.65. The minimum Gasteiger partial charge on any atom is -0.497 e. The van der Waals surface area contributed by atoms with Crippen molar-refractivity contribution in [2.45, 2.75) is 0 Å². The predicted molar refractivity (Wildman–Crippen MR) is 98.2 cm³/mol. The van der Waals surface area contributed by atoms with Gasteiger partial charge in [0.2, 0.25) is 0 Å². The van der Waals surface area contributed by atoms with Crippen molar-refractivity contribution < 1.29 is 14.3 Å². The maximum Gasteiger partial charge on any atom is 0.318 e. The second-order valence-corrected chi connectivity index (χ2v) is 5.63. The summed E-state index contributed by atoms with van der Waals surface area (Å²) in [4.78, 5) is 11.7. The van der Waals surface area contributed by atoms with Gasteiger partial charge in [-0.15, -0.1) is 0 Å². The van der Waals surface area contributed by atoms with Crippen LogP contribution in [0, 0.1) is 0 Å². The van der Waals surface area contributed by atoms with Crippen LogP contribution in [0.4, 0.5) is 4.79 Å². The Bertz CT molecular complexity index is 687. The van der Waals surface area contributed by atoms with Gasteiger partial charge < -0.3 is 20.1 Å². The van der Waals surface area contributed by atoms with E-state index in [-0.39, 0.29) is 6.03 Å². The fourth-order valence-electron chi connectivity index (χ4n) is 1.87. The van der Waals surface area contributed by atoms with Crippen LogP contribution in [-0.2, 0) is 0 Å². The number of rotatable bonds is 7. The van der Waals surface area contributed by atoms with Crippen molar-refractivity contribution in [3.05, 3.63) is 64.8 Å². The molecule has 2 N–H and O–H groups in total. The SMILES string of the molecule is COc1ccc(OCCNC(=O)N/C=C/c2ccccc2Br)cc1. The highest BCUT2D eigenvalue weighted by atomic mass is 79.9. The van der Waals surface area contributed by atoms with E-state index in [0.717, 1.165) is 21.5 Å². The topological polar surface area (TPSA) is 59.6 Å². The lowest BCUT2D eigenvalue weighted by Crippen LogP contribution is -2.34. The van der Waals surface area contributed by atoms with Crippen LogP contribution >= 0.6 is 15.9 Å². The minimum absolute atomic E-state index is 0.281. The normalized spacial score (nSPS) is 10.4. The molecule has 0 fully saturated rings. The van der Waals surface area contributed by atoms with E-state index < -0.39 is 0 Å². The van der Waals surface area contributed by atoms with Gasteiger partial charge >= 0.3 is 6.03 Å². The van der Waals surface area contributed by atoms with Crippen molar-refractivity contribution in [1.82, 2.24) is 10.6 Å². The summed E-state index contributed by atoms with van der Waals surface area (Å²) in [7, 11) is 1.61. The summed E-state index contributed by atoms with van der Waals surface area (Å²) in [6.45, 7) is 0.786. The van der Waals surface area contributed by atoms with Crippen molar-refractivity contribution >= 4 is 28.0 Å². The molecule has 0 radical (unpaired) electrons. The van der Waals surface area contributed by atoms with Crippen LogP contribution in [-0.4, -0.2) is 26.3 Å². The van der Waals surface area contributed by atoms with Crippen LogP contribution in [0.1, 0.15) is 5.56 Å². The van der Waals surface area contributed by atoms with Crippen LogP contribution < -0.4 is 20.1 Å². The number of benzene rings is 2. The molecule has 0 saturated carbocycles. The van der Waals surface area contributed by atoms with E-state index in [1.807, 2.05) is 54.6 Å². The zero-order valence-corrected chi connectivity index (χ0v) is 14.9. The van der Waals surface area contributed by atoms with Gasteiger partial charge in [-0.3, -0.25) is 0 Å². The molecule has 6 heteroatoms. The molecule has 2 rings (SSSR count). The van der Waals surface area contributed by atoms with Crippen LogP contribution in [0.3, 0.4) is 0 Å².